The van der Waals surface area contributed by atoms with Gasteiger partial charge in [0.05, 0.1) is 21.3 Å². The molecule has 0 saturated heterocycles. The third-order valence-corrected chi connectivity index (χ3v) is 3.45. The Balaban J connectivity index is 3.11. The number of esters is 1. The number of methoxy groups -OCH3 is 3. The second kappa shape index (κ2) is 7.99. The van der Waals surface area contributed by atoms with E-state index in [1.54, 1.807) is 20.8 Å². The summed E-state index contributed by atoms with van der Waals surface area (Å²) in [6, 6.07) is 1.61. The lowest BCUT2D eigenvalue weighted by molar-refractivity contribution is -0.146. The van der Waals surface area contributed by atoms with Crippen molar-refractivity contribution in [1.29, 1.82) is 0 Å². The summed E-state index contributed by atoms with van der Waals surface area (Å²) in [5.41, 5.74) is -0.486. The number of rotatable bonds is 6. The highest BCUT2D eigenvalue weighted by Crippen LogP contribution is 2.30. The van der Waals surface area contributed by atoms with Crippen LogP contribution in [-0.2, 0) is 20.7 Å². The number of benzene rings is 1. The SMILES string of the molecule is COC(=O)[C@H](Cc1cc(OC)c(OC)cc1F)NC(=O)C(C)(C)C. The number of ether oxygens (including phenoxy) is 3. The van der Waals surface area contributed by atoms with Gasteiger partial charge in [-0.05, 0) is 11.6 Å². The van der Waals surface area contributed by atoms with E-state index in [1.165, 1.54) is 33.5 Å². The molecule has 24 heavy (non-hydrogen) atoms. The summed E-state index contributed by atoms with van der Waals surface area (Å²) < 4.78 is 29.1. The highest BCUT2D eigenvalue weighted by atomic mass is 19.1. The van der Waals surface area contributed by atoms with Crippen LogP contribution in [0.2, 0.25) is 0 Å². The minimum atomic E-state index is -1.01. The van der Waals surface area contributed by atoms with E-state index in [-0.39, 0.29) is 23.6 Å². The lowest BCUT2D eigenvalue weighted by Crippen LogP contribution is -2.47. The second-order valence-corrected chi connectivity index (χ2v) is 6.30. The number of hydrogen-bond donors (Lipinski definition) is 1. The molecule has 1 aromatic rings. The molecule has 1 N–H and O–H groups in total. The van der Waals surface area contributed by atoms with Crippen LogP contribution in [0.25, 0.3) is 0 Å². The van der Waals surface area contributed by atoms with Crippen LogP contribution in [0.5, 0.6) is 11.5 Å². The van der Waals surface area contributed by atoms with Crippen molar-refractivity contribution < 1.29 is 28.2 Å². The molecule has 1 rings (SSSR count). The molecule has 1 aromatic carbocycles. The van der Waals surface area contributed by atoms with Crippen molar-refractivity contribution in [3.63, 3.8) is 0 Å². The average Bonchev–Trinajstić information content (AvgIpc) is 2.53. The van der Waals surface area contributed by atoms with Gasteiger partial charge >= 0.3 is 5.97 Å². The Kier molecular flexibility index (Phi) is 6.57. The van der Waals surface area contributed by atoms with Gasteiger partial charge in [-0.15, -0.1) is 0 Å². The molecule has 0 bridgehead atoms. The van der Waals surface area contributed by atoms with Gasteiger partial charge in [0, 0.05) is 17.9 Å². The molecular formula is C17H24FNO5. The molecule has 0 radical (unpaired) electrons. The standard InChI is InChI=1S/C17H24FNO5/c1-17(2,3)16(21)19-12(15(20)24-6)7-10-8-13(22-4)14(23-5)9-11(10)18/h8-9,12H,7H2,1-6H3,(H,19,21)/t12-/m0/s1. The van der Waals surface area contributed by atoms with Gasteiger partial charge in [0.1, 0.15) is 11.9 Å². The first-order valence-corrected chi connectivity index (χ1v) is 7.43. The smallest absolute Gasteiger partial charge is 0.328 e. The van der Waals surface area contributed by atoms with Crippen LogP contribution < -0.4 is 14.8 Å². The summed E-state index contributed by atoms with van der Waals surface area (Å²) in [6.07, 6.45) is -0.0688. The van der Waals surface area contributed by atoms with Crippen molar-refractivity contribution in [1.82, 2.24) is 5.32 Å². The van der Waals surface area contributed by atoms with Crippen molar-refractivity contribution >= 4 is 11.9 Å². The van der Waals surface area contributed by atoms with E-state index in [9.17, 15) is 14.0 Å². The number of amides is 1. The maximum Gasteiger partial charge on any atom is 0.328 e. The largest absolute Gasteiger partial charge is 0.493 e. The van der Waals surface area contributed by atoms with Crippen LogP contribution in [-0.4, -0.2) is 39.2 Å². The number of carbonyl (C=O) groups is 2. The van der Waals surface area contributed by atoms with E-state index in [2.05, 4.69) is 5.32 Å². The number of halogens is 1. The van der Waals surface area contributed by atoms with Crippen molar-refractivity contribution in [3.05, 3.63) is 23.5 Å². The Morgan fingerprint density at radius 3 is 2.12 bits per heavy atom. The Morgan fingerprint density at radius 1 is 1.12 bits per heavy atom. The topological polar surface area (TPSA) is 73.9 Å². The highest BCUT2D eigenvalue weighted by Gasteiger charge is 2.29. The predicted molar refractivity (Wildman–Crippen MR) is 86.6 cm³/mol. The van der Waals surface area contributed by atoms with E-state index in [0.717, 1.165) is 0 Å². The molecule has 1 atom stereocenters. The molecule has 6 nitrogen and oxygen atoms in total. The Morgan fingerprint density at radius 2 is 1.67 bits per heavy atom. The molecule has 0 spiro atoms. The van der Waals surface area contributed by atoms with Crippen molar-refractivity contribution in [2.75, 3.05) is 21.3 Å². The zero-order valence-electron chi connectivity index (χ0n) is 14.9. The molecule has 0 heterocycles. The minimum Gasteiger partial charge on any atom is -0.493 e. The quantitative estimate of drug-likeness (QED) is 0.802. The first kappa shape index (κ1) is 19.7. The van der Waals surface area contributed by atoms with Crippen LogP contribution in [0.15, 0.2) is 12.1 Å². The molecule has 0 saturated carbocycles. The van der Waals surface area contributed by atoms with Gasteiger partial charge < -0.3 is 19.5 Å². The Bertz CT molecular complexity index is 610. The zero-order valence-corrected chi connectivity index (χ0v) is 14.9. The van der Waals surface area contributed by atoms with Crippen LogP contribution in [0.3, 0.4) is 0 Å². The maximum atomic E-state index is 14.3. The fourth-order valence-corrected chi connectivity index (χ4v) is 1.98. The number of carbonyl (C=O) groups excluding carboxylic acids is 2. The maximum absolute atomic E-state index is 14.3. The summed E-state index contributed by atoms with van der Waals surface area (Å²) in [6.45, 7) is 5.15. The van der Waals surface area contributed by atoms with E-state index < -0.39 is 23.2 Å². The number of hydrogen-bond acceptors (Lipinski definition) is 5. The van der Waals surface area contributed by atoms with Crippen LogP contribution in [0.4, 0.5) is 4.39 Å². The van der Waals surface area contributed by atoms with E-state index in [0.29, 0.717) is 5.75 Å². The Labute approximate surface area is 141 Å². The Hall–Kier alpha value is -2.31. The first-order chi connectivity index (χ1) is 11.1. The summed E-state index contributed by atoms with van der Waals surface area (Å²) in [4.78, 5) is 24.1. The minimum absolute atomic E-state index is 0.0688. The molecule has 134 valence electrons. The van der Waals surface area contributed by atoms with Gasteiger partial charge in [-0.25, -0.2) is 9.18 Å². The van der Waals surface area contributed by atoms with Gasteiger partial charge in [0.25, 0.3) is 0 Å². The summed E-state index contributed by atoms with van der Waals surface area (Å²) in [7, 11) is 4.04. The normalized spacial score (nSPS) is 12.3. The van der Waals surface area contributed by atoms with Gasteiger partial charge in [0.2, 0.25) is 5.91 Å². The molecule has 0 fully saturated rings. The average molecular weight is 341 g/mol. The molecule has 0 aliphatic heterocycles. The summed E-state index contributed by atoms with van der Waals surface area (Å²) in [5.74, 6) is -0.973. The van der Waals surface area contributed by atoms with Gasteiger partial charge in [-0.3, -0.25) is 4.79 Å². The lowest BCUT2D eigenvalue weighted by atomic mass is 9.94. The zero-order chi connectivity index (χ0) is 18.5. The van der Waals surface area contributed by atoms with Crippen LogP contribution in [0.1, 0.15) is 26.3 Å². The van der Waals surface area contributed by atoms with Crippen LogP contribution >= 0.6 is 0 Å². The first-order valence-electron chi connectivity index (χ1n) is 7.43. The molecule has 0 unspecified atom stereocenters. The summed E-state index contributed by atoms with van der Waals surface area (Å²) >= 11 is 0. The van der Waals surface area contributed by atoms with Crippen molar-refractivity contribution in [2.24, 2.45) is 5.41 Å². The van der Waals surface area contributed by atoms with Crippen molar-refractivity contribution in [3.8, 4) is 11.5 Å². The van der Waals surface area contributed by atoms with E-state index >= 15 is 0 Å². The van der Waals surface area contributed by atoms with Gasteiger partial charge in [0.15, 0.2) is 11.5 Å². The molecular weight excluding hydrogens is 317 g/mol. The highest BCUT2D eigenvalue weighted by molar-refractivity contribution is 5.87. The summed E-state index contributed by atoms with van der Waals surface area (Å²) in [5, 5.41) is 2.60. The molecule has 0 aliphatic carbocycles. The molecule has 0 aliphatic rings. The fraction of sp³-hybridized carbons (Fsp3) is 0.529. The molecule has 7 heteroatoms. The fourth-order valence-electron chi connectivity index (χ4n) is 1.98. The monoisotopic (exact) mass is 341 g/mol. The third kappa shape index (κ3) is 4.84. The lowest BCUT2D eigenvalue weighted by Gasteiger charge is -2.23. The number of nitrogens with one attached hydrogen (secondary N) is 1. The van der Waals surface area contributed by atoms with Gasteiger partial charge in [-0.2, -0.15) is 0 Å². The third-order valence-electron chi connectivity index (χ3n) is 3.45. The second-order valence-electron chi connectivity index (χ2n) is 6.30. The van der Waals surface area contributed by atoms with E-state index in [4.69, 9.17) is 14.2 Å². The van der Waals surface area contributed by atoms with Crippen LogP contribution in [0, 0.1) is 11.2 Å². The predicted octanol–water partition coefficient (Wildman–Crippen LogP) is 2.09. The molecule has 1 amide bonds. The molecule has 0 aromatic heterocycles. The van der Waals surface area contributed by atoms with Crippen molar-refractivity contribution in [2.45, 2.75) is 33.2 Å². The van der Waals surface area contributed by atoms with E-state index in [1.807, 2.05) is 0 Å². The van der Waals surface area contributed by atoms with Gasteiger partial charge in [-0.1, -0.05) is 20.8 Å².